The molecule has 0 amide bonds. The van der Waals surface area contributed by atoms with Crippen molar-refractivity contribution in [2.75, 3.05) is 26.5 Å². The topological polar surface area (TPSA) is 78.6 Å². The number of nitrogens with two attached hydrogens (primary N) is 1. The maximum absolute atomic E-state index is 11.2. The maximum atomic E-state index is 11.2. The van der Waals surface area contributed by atoms with Gasteiger partial charge in [0.15, 0.2) is 9.84 Å². The number of sulfone groups is 1. The van der Waals surface area contributed by atoms with Gasteiger partial charge in [-0.25, -0.2) is 8.42 Å². The van der Waals surface area contributed by atoms with Crippen LogP contribution in [-0.2, 0) is 14.6 Å². The molecule has 1 rings (SSSR count). The fourth-order valence-corrected chi connectivity index (χ4v) is 1.92. The first-order valence-electron chi connectivity index (χ1n) is 5.13. The molecule has 17 heavy (non-hydrogen) atoms. The van der Waals surface area contributed by atoms with Gasteiger partial charge in [-0.15, -0.1) is 0 Å². The molecule has 0 radical (unpaired) electrons. The SMILES string of the molecule is COCC(CN)Oc1ccc(S(C)(=O)=O)cc1. The van der Waals surface area contributed by atoms with Crippen LogP contribution in [0.4, 0.5) is 0 Å². The van der Waals surface area contributed by atoms with Gasteiger partial charge in [0.05, 0.1) is 11.5 Å². The molecule has 0 fully saturated rings. The zero-order valence-electron chi connectivity index (χ0n) is 9.92. The Labute approximate surface area is 101 Å². The number of hydrogen-bond acceptors (Lipinski definition) is 5. The highest BCUT2D eigenvalue weighted by atomic mass is 32.2. The van der Waals surface area contributed by atoms with Crippen molar-refractivity contribution >= 4 is 9.84 Å². The Kier molecular flexibility index (Phi) is 4.92. The van der Waals surface area contributed by atoms with E-state index in [9.17, 15) is 8.42 Å². The van der Waals surface area contributed by atoms with E-state index in [0.29, 0.717) is 18.9 Å². The second-order valence-electron chi connectivity index (χ2n) is 3.67. The Bertz CT molecular complexity index is 441. The second kappa shape index (κ2) is 6.00. The summed E-state index contributed by atoms with van der Waals surface area (Å²) in [5.41, 5.74) is 5.50. The van der Waals surface area contributed by atoms with Gasteiger partial charge in [0.25, 0.3) is 0 Å². The molecule has 96 valence electrons. The number of methoxy groups -OCH3 is 1. The molecule has 0 saturated heterocycles. The molecule has 0 aliphatic carbocycles. The van der Waals surface area contributed by atoms with Gasteiger partial charge >= 0.3 is 0 Å². The lowest BCUT2D eigenvalue weighted by atomic mass is 10.3. The van der Waals surface area contributed by atoms with Crippen molar-refractivity contribution in [1.29, 1.82) is 0 Å². The molecule has 0 aliphatic rings. The summed E-state index contributed by atoms with van der Waals surface area (Å²) in [7, 11) is -1.60. The summed E-state index contributed by atoms with van der Waals surface area (Å²) in [6.07, 6.45) is 0.931. The van der Waals surface area contributed by atoms with Crippen LogP contribution < -0.4 is 10.5 Å². The molecule has 1 atom stereocenters. The van der Waals surface area contributed by atoms with Gasteiger partial charge in [-0.05, 0) is 24.3 Å². The minimum Gasteiger partial charge on any atom is -0.487 e. The van der Waals surface area contributed by atoms with Gasteiger partial charge in [-0.1, -0.05) is 0 Å². The largest absolute Gasteiger partial charge is 0.487 e. The molecule has 2 N–H and O–H groups in total. The van der Waals surface area contributed by atoms with Crippen LogP contribution in [0.2, 0.25) is 0 Å². The number of ether oxygens (including phenoxy) is 2. The molecule has 6 heteroatoms. The Morgan fingerprint density at radius 2 is 1.88 bits per heavy atom. The van der Waals surface area contributed by atoms with Crippen molar-refractivity contribution in [1.82, 2.24) is 0 Å². The normalized spacial score (nSPS) is 13.4. The first kappa shape index (κ1) is 14.0. The lowest BCUT2D eigenvalue weighted by molar-refractivity contribution is 0.0860. The average molecular weight is 259 g/mol. The van der Waals surface area contributed by atoms with Crippen LogP contribution in [0, 0.1) is 0 Å². The molecule has 0 spiro atoms. The lowest BCUT2D eigenvalue weighted by Gasteiger charge is -2.16. The summed E-state index contributed by atoms with van der Waals surface area (Å²) in [5, 5.41) is 0. The average Bonchev–Trinajstić information content (AvgIpc) is 2.28. The summed E-state index contributed by atoms with van der Waals surface area (Å²) < 4.78 is 33.0. The molecule has 0 saturated carbocycles. The highest BCUT2D eigenvalue weighted by Crippen LogP contribution is 2.16. The summed E-state index contributed by atoms with van der Waals surface area (Å²) in [6, 6.07) is 6.22. The molecule has 0 bridgehead atoms. The minimum atomic E-state index is -3.17. The summed E-state index contributed by atoms with van der Waals surface area (Å²) in [6.45, 7) is 0.728. The summed E-state index contributed by atoms with van der Waals surface area (Å²) >= 11 is 0. The van der Waals surface area contributed by atoms with Gasteiger partial charge in [0.2, 0.25) is 0 Å². The first-order valence-corrected chi connectivity index (χ1v) is 7.02. The van der Waals surface area contributed by atoms with Crippen LogP contribution in [0.5, 0.6) is 5.75 Å². The minimum absolute atomic E-state index is 0.232. The smallest absolute Gasteiger partial charge is 0.175 e. The number of rotatable bonds is 6. The molecule has 0 aliphatic heterocycles. The van der Waals surface area contributed by atoms with Crippen molar-refractivity contribution in [3.63, 3.8) is 0 Å². The standard InChI is InChI=1S/C11H17NO4S/c1-15-8-10(7-12)16-9-3-5-11(6-4-9)17(2,13)14/h3-6,10H,7-8,12H2,1-2H3. The van der Waals surface area contributed by atoms with E-state index in [1.807, 2.05) is 0 Å². The fraction of sp³-hybridized carbons (Fsp3) is 0.455. The van der Waals surface area contributed by atoms with Crippen molar-refractivity contribution in [2.24, 2.45) is 5.73 Å². The second-order valence-corrected chi connectivity index (χ2v) is 5.69. The van der Waals surface area contributed by atoms with Gasteiger partial charge in [0, 0.05) is 19.9 Å². The molecular weight excluding hydrogens is 242 g/mol. The van der Waals surface area contributed by atoms with Crippen molar-refractivity contribution in [2.45, 2.75) is 11.0 Å². The molecule has 5 nitrogen and oxygen atoms in total. The number of hydrogen-bond donors (Lipinski definition) is 1. The Morgan fingerprint density at radius 3 is 2.29 bits per heavy atom. The third-order valence-corrected chi connectivity index (χ3v) is 3.30. The quantitative estimate of drug-likeness (QED) is 0.802. The van der Waals surface area contributed by atoms with Gasteiger partial charge in [0.1, 0.15) is 11.9 Å². The van der Waals surface area contributed by atoms with E-state index in [1.165, 1.54) is 12.1 Å². The molecule has 1 aromatic carbocycles. The fourth-order valence-electron chi connectivity index (χ4n) is 1.29. The van der Waals surface area contributed by atoms with Crippen LogP contribution in [0.3, 0.4) is 0 Å². The van der Waals surface area contributed by atoms with Crippen LogP contribution in [0.1, 0.15) is 0 Å². The van der Waals surface area contributed by atoms with Gasteiger partial charge < -0.3 is 15.2 Å². The van der Waals surface area contributed by atoms with Crippen molar-refractivity contribution in [3.8, 4) is 5.75 Å². The predicted molar refractivity (Wildman–Crippen MR) is 64.9 cm³/mol. The Balaban J connectivity index is 2.74. The van der Waals surface area contributed by atoms with Crippen molar-refractivity contribution < 1.29 is 17.9 Å². The van der Waals surface area contributed by atoms with E-state index in [-0.39, 0.29) is 11.0 Å². The summed E-state index contributed by atoms with van der Waals surface area (Å²) in [4.78, 5) is 0.265. The van der Waals surface area contributed by atoms with Crippen LogP contribution in [0.25, 0.3) is 0 Å². The third-order valence-electron chi connectivity index (χ3n) is 2.17. The van der Waals surface area contributed by atoms with Crippen LogP contribution >= 0.6 is 0 Å². The van der Waals surface area contributed by atoms with E-state index < -0.39 is 9.84 Å². The highest BCUT2D eigenvalue weighted by Gasteiger charge is 2.10. The molecular formula is C11H17NO4S. The van der Waals surface area contributed by atoms with E-state index >= 15 is 0 Å². The molecule has 1 aromatic rings. The van der Waals surface area contributed by atoms with Crippen molar-refractivity contribution in [3.05, 3.63) is 24.3 Å². The zero-order valence-corrected chi connectivity index (χ0v) is 10.7. The first-order chi connectivity index (χ1) is 7.97. The highest BCUT2D eigenvalue weighted by molar-refractivity contribution is 7.90. The maximum Gasteiger partial charge on any atom is 0.175 e. The monoisotopic (exact) mass is 259 g/mol. The summed E-state index contributed by atoms with van der Waals surface area (Å²) in [5.74, 6) is 0.574. The lowest BCUT2D eigenvalue weighted by Crippen LogP contribution is -2.31. The Hall–Kier alpha value is -1.11. The zero-order chi connectivity index (χ0) is 12.9. The van der Waals surface area contributed by atoms with E-state index in [1.54, 1.807) is 19.2 Å². The molecule has 0 heterocycles. The molecule has 1 unspecified atom stereocenters. The van der Waals surface area contributed by atoms with Gasteiger partial charge in [-0.2, -0.15) is 0 Å². The van der Waals surface area contributed by atoms with E-state index in [4.69, 9.17) is 15.2 Å². The van der Waals surface area contributed by atoms with E-state index in [2.05, 4.69) is 0 Å². The Morgan fingerprint density at radius 1 is 1.29 bits per heavy atom. The predicted octanol–water partition coefficient (Wildman–Crippen LogP) is 0.443. The molecule has 0 aromatic heterocycles. The number of benzene rings is 1. The van der Waals surface area contributed by atoms with Crippen LogP contribution in [0.15, 0.2) is 29.2 Å². The van der Waals surface area contributed by atoms with E-state index in [0.717, 1.165) is 6.26 Å². The van der Waals surface area contributed by atoms with Gasteiger partial charge in [-0.3, -0.25) is 0 Å². The van der Waals surface area contributed by atoms with Crippen LogP contribution in [-0.4, -0.2) is 41.0 Å². The third kappa shape index (κ3) is 4.33.